The molecule has 0 bridgehead atoms. The lowest BCUT2D eigenvalue weighted by Gasteiger charge is -2.10. The third kappa shape index (κ3) is 9.25. The highest BCUT2D eigenvalue weighted by Crippen LogP contribution is 2.21. The van der Waals surface area contributed by atoms with Crippen molar-refractivity contribution >= 4 is 39.4 Å². The van der Waals surface area contributed by atoms with Crippen molar-refractivity contribution in [2.75, 3.05) is 31.2 Å². The summed E-state index contributed by atoms with van der Waals surface area (Å²) in [5.74, 6) is 0.220. The van der Waals surface area contributed by atoms with Crippen LogP contribution in [0.4, 0.5) is 0 Å². The van der Waals surface area contributed by atoms with E-state index >= 15 is 0 Å². The van der Waals surface area contributed by atoms with Gasteiger partial charge in [-0.2, -0.15) is 0 Å². The van der Waals surface area contributed by atoms with Crippen LogP contribution in [0.5, 0.6) is 5.75 Å². The van der Waals surface area contributed by atoms with Gasteiger partial charge in [0.05, 0.1) is 25.1 Å². The molecule has 7 nitrogen and oxygen atoms in total. The van der Waals surface area contributed by atoms with Gasteiger partial charge >= 0.3 is 5.97 Å². The molecule has 0 aliphatic rings. The lowest BCUT2D eigenvalue weighted by molar-refractivity contribution is -0.136. The van der Waals surface area contributed by atoms with Gasteiger partial charge < -0.3 is 20.5 Å². The standard InChI is InChI=1S/C16H22N2O5S2/c1-2-23-13-6-4-3-5-12(13)16(22)18-11-14(19)17-8-10-25-24-9-7-15(20)21/h3-6H,2,7-11H2,1H3,(H,17,19)(H,18,22)(H,20,21). The Balaban J connectivity index is 2.21. The van der Waals surface area contributed by atoms with Gasteiger partial charge in [0, 0.05) is 18.1 Å². The molecule has 0 fully saturated rings. The molecular weight excluding hydrogens is 364 g/mol. The highest BCUT2D eigenvalue weighted by atomic mass is 33.1. The van der Waals surface area contributed by atoms with Crippen LogP contribution in [-0.4, -0.2) is 54.1 Å². The summed E-state index contributed by atoms with van der Waals surface area (Å²) in [6.07, 6.45) is 0.124. The number of benzene rings is 1. The van der Waals surface area contributed by atoms with E-state index < -0.39 is 5.97 Å². The Morgan fingerprint density at radius 3 is 2.56 bits per heavy atom. The van der Waals surface area contributed by atoms with Crippen LogP contribution >= 0.6 is 21.6 Å². The summed E-state index contributed by atoms with van der Waals surface area (Å²) in [7, 11) is 2.96. The molecule has 0 aliphatic carbocycles. The molecule has 0 saturated heterocycles. The number of carbonyl (C=O) groups is 3. The number of nitrogens with one attached hydrogen (secondary N) is 2. The molecule has 25 heavy (non-hydrogen) atoms. The number of aliphatic carboxylic acids is 1. The fourth-order valence-electron chi connectivity index (χ4n) is 1.73. The van der Waals surface area contributed by atoms with Crippen LogP contribution in [0.2, 0.25) is 0 Å². The lowest BCUT2D eigenvalue weighted by Crippen LogP contribution is -2.37. The lowest BCUT2D eigenvalue weighted by atomic mass is 10.2. The van der Waals surface area contributed by atoms with Crippen molar-refractivity contribution < 1.29 is 24.2 Å². The average molecular weight is 386 g/mol. The van der Waals surface area contributed by atoms with Gasteiger partial charge in [-0.3, -0.25) is 14.4 Å². The Hall–Kier alpha value is -1.87. The van der Waals surface area contributed by atoms with E-state index in [2.05, 4.69) is 10.6 Å². The highest BCUT2D eigenvalue weighted by Gasteiger charge is 2.12. The molecule has 0 heterocycles. The highest BCUT2D eigenvalue weighted by molar-refractivity contribution is 8.76. The molecule has 0 aliphatic heterocycles. The van der Waals surface area contributed by atoms with Crippen molar-refractivity contribution in [3.05, 3.63) is 29.8 Å². The summed E-state index contributed by atoms with van der Waals surface area (Å²) >= 11 is 0. The SMILES string of the molecule is CCOc1ccccc1C(=O)NCC(=O)NCCSSCCC(=O)O. The fraction of sp³-hybridized carbons (Fsp3) is 0.438. The summed E-state index contributed by atoms with van der Waals surface area (Å²) in [6.45, 7) is 2.62. The minimum absolute atomic E-state index is 0.115. The number of hydrogen-bond acceptors (Lipinski definition) is 6. The van der Waals surface area contributed by atoms with E-state index in [0.29, 0.717) is 36.0 Å². The second kappa shape index (κ2) is 12.5. The second-order valence-corrected chi connectivity index (χ2v) is 7.45. The molecule has 0 spiro atoms. The molecule has 0 unspecified atom stereocenters. The van der Waals surface area contributed by atoms with Crippen LogP contribution < -0.4 is 15.4 Å². The molecule has 1 aromatic rings. The first-order valence-electron chi connectivity index (χ1n) is 7.77. The maximum atomic E-state index is 12.1. The molecule has 2 amide bonds. The monoisotopic (exact) mass is 386 g/mol. The topological polar surface area (TPSA) is 105 Å². The largest absolute Gasteiger partial charge is 0.493 e. The zero-order valence-corrected chi connectivity index (χ0v) is 15.6. The van der Waals surface area contributed by atoms with Crippen LogP contribution in [0.1, 0.15) is 23.7 Å². The number of ether oxygens (including phenoxy) is 1. The second-order valence-electron chi connectivity index (χ2n) is 4.75. The Kier molecular flexibility index (Phi) is 10.6. The van der Waals surface area contributed by atoms with Gasteiger partial charge in [0.15, 0.2) is 0 Å². The maximum Gasteiger partial charge on any atom is 0.304 e. The number of carboxylic acid groups (broad SMARTS) is 1. The molecular formula is C16H22N2O5S2. The number of carbonyl (C=O) groups excluding carboxylic acids is 2. The molecule has 138 valence electrons. The zero-order valence-electron chi connectivity index (χ0n) is 13.9. The quantitative estimate of drug-likeness (QED) is 0.371. The molecule has 0 atom stereocenters. The molecule has 1 aromatic carbocycles. The molecule has 3 N–H and O–H groups in total. The van der Waals surface area contributed by atoms with Crippen molar-refractivity contribution in [1.29, 1.82) is 0 Å². The van der Waals surface area contributed by atoms with Gasteiger partial charge in [-0.15, -0.1) is 0 Å². The first kappa shape index (κ1) is 21.2. The van der Waals surface area contributed by atoms with Crippen LogP contribution in [0.25, 0.3) is 0 Å². The number of para-hydroxylation sites is 1. The van der Waals surface area contributed by atoms with E-state index in [-0.39, 0.29) is 24.8 Å². The molecule has 1 rings (SSSR count). The van der Waals surface area contributed by atoms with Crippen LogP contribution in [0.3, 0.4) is 0 Å². The third-order valence-electron chi connectivity index (χ3n) is 2.83. The van der Waals surface area contributed by atoms with Crippen LogP contribution in [0, 0.1) is 0 Å². The van der Waals surface area contributed by atoms with Crippen LogP contribution in [0.15, 0.2) is 24.3 Å². The number of rotatable bonds is 12. The summed E-state index contributed by atoms with van der Waals surface area (Å²) < 4.78 is 5.39. The molecule has 0 radical (unpaired) electrons. The number of hydrogen-bond donors (Lipinski definition) is 3. The van der Waals surface area contributed by atoms with E-state index in [1.165, 1.54) is 21.6 Å². The summed E-state index contributed by atoms with van der Waals surface area (Å²) in [4.78, 5) is 34.2. The van der Waals surface area contributed by atoms with Gasteiger partial charge in [0.1, 0.15) is 5.75 Å². The number of amides is 2. The van der Waals surface area contributed by atoms with E-state index in [9.17, 15) is 14.4 Å². The summed E-state index contributed by atoms with van der Waals surface area (Å²) in [5.41, 5.74) is 0.391. The first-order chi connectivity index (χ1) is 12.0. The van der Waals surface area contributed by atoms with Gasteiger partial charge in [0.25, 0.3) is 5.91 Å². The Morgan fingerprint density at radius 1 is 1.12 bits per heavy atom. The van der Waals surface area contributed by atoms with E-state index in [1.807, 2.05) is 6.92 Å². The van der Waals surface area contributed by atoms with Crippen molar-refractivity contribution in [2.45, 2.75) is 13.3 Å². The summed E-state index contributed by atoms with van der Waals surface area (Å²) in [6, 6.07) is 6.86. The number of carboxylic acids is 1. The normalized spacial score (nSPS) is 10.1. The van der Waals surface area contributed by atoms with Gasteiger partial charge in [-0.05, 0) is 19.1 Å². The van der Waals surface area contributed by atoms with Gasteiger partial charge in [-0.1, -0.05) is 33.7 Å². The minimum atomic E-state index is -0.817. The van der Waals surface area contributed by atoms with Crippen molar-refractivity contribution in [3.63, 3.8) is 0 Å². The van der Waals surface area contributed by atoms with Crippen molar-refractivity contribution in [1.82, 2.24) is 10.6 Å². The van der Waals surface area contributed by atoms with Gasteiger partial charge in [0.2, 0.25) is 5.91 Å². The Labute approximate surface area is 154 Å². The molecule has 0 saturated carbocycles. The molecule has 0 aromatic heterocycles. The molecule has 9 heteroatoms. The van der Waals surface area contributed by atoms with Crippen molar-refractivity contribution in [3.8, 4) is 5.75 Å². The predicted molar refractivity (Wildman–Crippen MR) is 100 cm³/mol. The zero-order chi connectivity index (χ0) is 18.5. The van der Waals surface area contributed by atoms with Crippen molar-refractivity contribution in [2.24, 2.45) is 0 Å². The van der Waals surface area contributed by atoms with E-state index in [4.69, 9.17) is 9.84 Å². The van der Waals surface area contributed by atoms with E-state index in [0.717, 1.165) is 0 Å². The maximum absolute atomic E-state index is 12.1. The summed E-state index contributed by atoms with van der Waals surface area (Å²) in [5, 5.41) is 13.8. The predicted octanol–water partition coefficient (Wildman–Crippen LogP) is 1.79. The minimum Gasteiger partial charge on any atom is -0.493 e. The Bertz CT molecular complexity index is 583. The Morgan fingerprint density at radius 2 is 1.84 bits per heavy atom. The first-order valence-corrected chi connectivity index (χ1v) is 10.3. The fourth-order valence-corrected chi connectivity index (χ4v) is 3.62. The smallest absolute Gasteiger partial charge is 0.304 e. The third-order valence-corrected chi connectivity index (χ3v) is 5.24. The van der Waals surface area contributed by atoms with E-state index in [1.54, 1.807) is 24.3 Å². The van der Waals surface area contributed by atoms with Gasteiger partial charge in [-0.25, -0.2) is 0 Å². The van der Waals surface area contributed by atoms with Crippen LogP contribution in [-0.2, 0) is 9.59 Å². The average Bonchev–Trinajstić information content (AvgIpc) is 2.59.